The molecule has 0 spiro atoms. The molecule has 2 aliphatic heterocycles. The summed E-state index contributed by atoms with van der Waals surface area (Å²) in [6.45, 7) is 2.48. The van der Waals surface area contributed by atoms with Crippen molar-refractivity contribution >= 4 is 12.0 Å². The fraction of sp³-hybridized carbons (Fsp3) is 0.857. The summed E-state index contributed by atoms with van der Waals surface area (Å²) >= 11 is 0. The van der Waals surface area contributed by atoms with Crippen molar-refractivity contribution in [1.29, 1.82) is 0 Å². The number of urea groups is 1. The van der Waals surface area contributed by atoms with Crippen molar-refractivity contribution < 1.29 is 24.2 Å². The summed E-state index contributed by atoms with van der Waals surface area (Å²) in [5, 5.41) is 8.94. The number of hydrogen-bond acceptors (Lipinski definition) is 4. The van der Waals surface area contributed by atoms with Gasteiger partial charge in [-0.3, -0.25) is 4.79 Å². The van der Waals surface area contributed by atoms with E-state index in [0.29, 0.717) is 19.7 Å². The van der Waals surface area contributed by atoms with Crippen molar-refractivity contribution in [3.8, 4) is 0 Å². The number of morpholine rings is 1. The number of carboxylic acid groups (broad SMARTS) is 1. The highest BCUT2D eigenvalue weighted by Crippen LogP contribution is 2.16. The molecule has 1 N–H and O–H groups in total. The van der Waals surface area contributed by atoms with Crippen LogP contribution in [0.15, 0.2) is 0 Å². The van der Waals surface area contributed by atoms with E-state index in [9.17, 15) is 9.59 Å². The number of amides is 2. The Morgan fingerprint density at radius 1 is 1.33 bits per heavy atom. The standard InChI is InChI=1S/C14H24N2O5/c1-15(9-12-4-2-3-6-21-12)14(19)16-5-7-20-10-11(16)8-13(17)18/h11-12H,2-10H2,1H3,(H,17,18). The van der Waals surface area contributed by atoms with Crippen LogP contribution < -0.4 is 0 Å². The summed E-state index contributed by atoms with van der Waals surface area (Å²) in [4.78, 5) is 26.7. The first kappa shape index (κ1) is 16.0. The largest absolute Gasteiger partial charge is 0.481 e. The Bertz CT molecular complexity index is 370. The van der Waals surface area contributed by atoms with Gasteiger partial charge in [-0.1, -0.05) is 0 Å². The minimum Gasteiger partial charge on any atom is -0.481 e. The molecule has 2 saturated heterocycles. The number of carboxylic acids is 1. The van der Waals surface area contributed by atoms with Gasteiger partial charge in [-0.2, -0.15) is 0 Å². The van der Waals surface area contributed by atoms with Gasteiger partial charge in [-0.05, 0) is 19.3 Å². The zero-order valence-corrected chi connectivity index (χ0v) is 12.5. The molecular weight excluding hydrogens is 276 g/mol. The summed E-state index contributed by atoms with van der Waals surface area (Å²) in [5.41, 5.74) is 0. The van der Waals surface area contributed by atoms with Crippen LogP contribution in [-0.4, -0.2) is 79.0 Å². The molecule has 2 amide bonds. The second-order valence-electron chi connectivity index (χ2n) is 5.67. The molecule has 0 bridgehead atoms. The molecule has 120 valence electrons. The van der Waals surface area contributed by atoms with Crippen LogP contribution in [0.1, 0.15) is 25.7 Å². The molecule has 0 aliphatic carbocycles. The molecule has 7 nitrogen and oxygen atoms in total. The van der Waals surface area contributed by atoms with E-state index in [-0.39, 0.29) is 25.2 Å². The fourth-order valence-corrected chi connectivity index (χ4v) is 2.83. The molecule has 0 radical (unpaired) electrons. The van der Waals surface area contributed by atoms with Gasteiger partial charge in [-0.15, -0.1) is 0 Å². The lowest BCUT2D eigenvalue weighted by molar-refractivity contribution is -0.139. The molecule has 0 aromatic rings. The van der Waals surface area contributed by atoms with E-state index in [2.05, 4.69) is 0 Å². The normalized spacial score (nSPS) is 26.4. The monoisotopic (exact) mass is 300 g/mol. The van der Waals surface area contributed by atoms with Crippen LogP contribution >= 0.6 is 0 Å². The van der Waals surface area contributed by atoms with Gasteiger partial charge in [0.2, 0.25) is 0 Å². The van der Waals surface area contributed by atoms with E-state index in [4.69, 9.17) is 14.6 Å². The van der Waals surface area contributed by atoms with Crippen molar-refractivity contribution in [2.75, 3.05) is 40.0 Å². The van der Waals surface area contributed by atoms with E-state index in [1.807, 2.05) is 0 Å². The Hall–Kier alpha value is -1.34. The number of nitrogens with zero attached hydrogens (tertiary/aromatic N) is 2. The van der Waals surface area contributed by atoms with Gasteiger partial charge in [0.1, 0.15) is 0 Å². The second kappa shape index (κ2) is 7.61. The van der Waals surface area contributed by atoms with E-state index in [0.717, 1.165) is 25.9 Å². The van der Waals surface area contributed by atoms with Crippen molar-refractivity contribution in [3.63, 3.8) is 0 Å². The predicted molar refractivity (Wildman–Crippen MR) is 75.2 cm³/mol. The molecule has 2 fully saturated rings. The van der Waals surface area contributed by atoms with Gasteiger partial charge in [0.25, 0.3) is 0 Å². The SMILES string of the molecule is CN(CC1CCCCO1)C(=O)N1CCOCC1CC(=O)O. The van der Waals surface area contributed by atoms with Crippen LogP contribution in [0.3, 0.4) is 0 Å². The molecular formula is C14H24N2O5. The molecule has 0 saturated carbocycles. The number of likely N-dealkylation sites (N-methyl/N-ethyl adjacent to an activating group) is 1. The van der Waals surface area contributed by atoms with Crippen LogP contribution in [0.2, 0.25) is 0 Å². The minimum absolute atomic E-state index is 0.0838. The zero-order valence-electron chi connectivity index (χ0n) is 12.5. The second-order valence-corrected chi connectivity index (χ2v) is 5.67. The lowest BCUT2D eigenvalue weighted by atomic mass is 10.1. The third kappa shape index (κ3) is 4.57. The smallest absolute Gasteiger partial charge is 0.320 e. The van der Waals surface area contributed by atoms with E-state index in [1.54, 1.807) is 16.8 Å². The number of carbonyl (C=O) groups is 2. The number of rotatable bonds is 4. The van der Waals surface area contributed by atoms with Gasteiger partial charge < -0.3 is 24.4 Å². The number of ether oxygens (including phenoxy) is 2. The Balaban J connectivity index is 1.90. The summed E-state index contributed by atoms with van der Waals surface area (Å²) in [6.07, 6.45) is 3.19. The minimum atomic E-state index is -0.915. The van der Waals surface area contributed by atoms with E-state index in [1.165, 1.54) is 0 Å². The Morgan fingerprint density at radius 3 is 2.81 bits per heavy atom. The first-order chi connectivity index (χ1) is 10.1. The van der Waals surface area contributed by atoms with Crippen molar-refractivity contribution in [1.82, 2.24) is 9.80 Å². The average Bonchev–Trinajstić information content (AvgIpc) is 2.47. The molecule has 21 heavy (non-hydrogen) atoms. The summed E-state index contributed by atoms with van der Waals surface area (Å²) < 4.78 is 10.9. The van der Waals surface area contributed by atoms with Crippen LogP contribution in [0.5, 0.6) is 0 Å². The summed E-state index contributed by atoms with van der Waals surface area (Å²) in [7, 11) is 1.74. The maximum atomic E-state index is 12.5. The predicted octanol–water partition coefficient (Wildman–Crippen LogP) is 0.783. The van der Waals surface area contributed by atoms with Gasteiger partial charge in [0.05, 0.1) is 31.8 Å². The van der Waals surface area contributed by atoms with Crippen LogP contribution in [0.25, 0.3) is 0 Å². The van der Waals surface area contributed by atoms with E-state index < -0.39 is 12.0 Å². The van der Waals surface area contributed by atoms with E-state index >= 15 is 0 Å². The average molecular weight is 300 g/mol. The molecule has 2 aliphatic rings. The lowest BCUT2D eigenvalue weighted by Gasteiger charge is -2.38. The van der Waals surface area contributed by atoms with Crippen molar-refractivity contribution in [2.45, 2.75) is 37.8 Å². The van der Waals surface area contributed by atoms with Gasteiger partial charge in [0.15, 0.2) is 0 Å². The highest BCUT2D eigenvalue weighted by molar-refractivity contribution is 5.76. The quantitative estimate of drug-likeness (QED) is 0.830. The fourth-order valence-electron chi connectivity index (χ4n) is 2.83. The summed E-state index contributed by atoms with van der Waals surface area (Å²) in [6, 6.07) is -0.530. The molecule has 0 aromatic heterocycles. The first-order valence-corrected chi connectivity index (χ1v) is 7.51. The van der Waals surface area contributed by atoms with Gasteiger partial charge in [0, 0.05) is 26.7 Å². The molecule has 2 atom stereocenters. The Morgan fingerprint density at radius 2 is 2.14 bits per heavy atom. The van der Waals surface area contributed by atoms with Crippen molar-refractivity contribution in [3.05, 3.63) is 0 Å². The van der Waals surface area contributed by atoms with Crippen LogP contribution in [0.4, 0.5) is 4.79 Å². The topological polar surface area (TPSA) is 79.3 Å². The molecule has 7 heteroatoms. The lowest BCUT2D eigenvalue weighted by Crippen LogP contribution is -2.54. The maximum Gasteiger partial charge on any atom is 0.320 e. The zero-order chi connectivity index (χ0) is 15.2. The Kier molecular flexibility index (Phi) is 5.81. The summed E-state index contributed by atoms with van der Waals surface area (Å²) in [5.74, 6) is -0.915. The van der Waals surface area contributed by atoms with Crippen molar-refractivity contribution in [2.24, 2.45) is 0 Å². The van der Waals surface area contributed by atoms with Gasteiger partial charge in [-0.25, -0.2) is 4.79 Å². The third-order valence-corrected chi connectivity index (χ3v) is 3.96. The highest BCUT2D eigenvalue weighted by atomic mass is 16.5. The van der Waals surface area contributed by atoms with Crippen LogP contribution in [-0.2, 0) is 14.3 Å². The number of carbonyl (C=O) groups excluding carboxylic acids is 1. The molecule has 2 rings (SSSR count). The Labute approximate surface area is 124 Å². The number of aliphatic carboxylic acids is 1. The molecule has 0 aromatic carbocycles. The maximum absolute atomic E-state index is 12.5. The third-order valence-electron chi connectivity index (χ3n) is 3.96. The molecule has 2 unspecified atom stereocenters. The number of hydrogen-bond donors (Lipinski definition) is 1. The van der Waals surface area contributed by atoms with Gasteiger partial charge >= 0.3 is 12.0 Å². The first-order valence-electron chi connectivity index (χ1n) is 7.51. The molecule has 2 heterocycles. The van der Waals surface area contributed by atoms with Crippen LogP contribution in [0, 0.1) is 0 Å². The highest BCUT2D eigenvalue weighted by Gasteiger charge is 2.31.